The van der Waals surface area contributed by atoms with E-state index in [1.165, 1.54) is 0 Å². The molecule has 1 heterocycles. The van der Waals surface area contributed by atoms with E-state index in [0.29, 0.717) is 19.5 Å². The van der Waals surface area contributed by atoms with E-state index in [0.717, 1.165) is 16.9 Å². The van der Waals surface area contributed by atoms with Crippen molar-refractivity contribution < 1.29 is 19.4 Å². The topological polar surface area (TPSA) is 59.0 Å². The SMILES string of the molecule is COc1cc(CC(=O)N2CC(C)OC(CO)C2)ccc1C. The number of aryl methyl sites for hydroxylation is 1. The highest BCUT2D eigenvalue weighted by Crippen LogP contribution is 2.20. The molecule has 116 valence electrons. The highest BCUT2D eigenvalue weighted by Gasteiger charge is 2.27. The molecule has 1 fully saturated rings. The largest absolute Gasteiger partial charge is 0.496 e. The van der Waals surface area contributed by atoms with Gasteiger partial charge < -0.3 is 19.5 Å². The standard InChI is InChI=1S/C16H23NO4/c1-11-4-5-13(6-15(11)20-3)7-16(19)17-8-12(2)21-14(9-17)10-18/h4-6,12,14,18H,7-10H2,1-3H3. The summed E-state index contributed by atoms with van der Waals surface area (Å²) in [5.74, 6) is 0.846. The Morgan fingerprint density at radius 3 is 2.90 bits per heavy atom. The second-order valence-electron chi connectivity index (χ2n) is 5.53. The van der Waals surface area contributed by atoms with Gasteiger partial charge in [-0.2, -0.15) is 0 Å². The van der Waals surface area contributed by atoms with Crippen LogP contribution in [0.4, 0.5) is 0 Å². The summed E-state index contributed by atoms with van der Waals surface area (Å²) in [6.07, 6.45) is -0.000672. The van der Waals surface area contributed by atoms with Crippen LogP contribution in [0.5, 0.6) is 5.75 Å². The lowest BCUT2D eigenvalue weighted by atomic mass is 10.1. The van der Waals surface area contributed by atoms with E-state index in [-0.39, 0.29) is 24.7 Å². The van der Waals surface area contributed by atoms with Crippen molar-refractivity contribution in [3.63, 3.8) is 0 Å². The Hall–Kier alpha value is -1.59. The number of rotatable bonds is 4. The third kappa shape index (κ3) is 3.95. The Balaban J connectivity index is 2.03. The van der Waals surface area contributed by atoms with E-state index < -0.39 is 0 Å². The van der Waals surface area contributed by atoms with Crippen LogP contribution in [0.1, 0.15) is 18.1 Å². The first kappa shape index (κ1) is 15.8. The molecule has 2 rings (SSSR count). The minimum absolute atomic E-state index is 0.0487. The summed E-state index contributed by atoms with van der Waals surface area (Å²) in [7, 11) is 1.63. The number of hydrogen-bond acceptors (Lipinski definition) is 4. The third-order valence-electron chi connectivity index (χ3n) is 3.71. The number of carbonyl (C=O) groups is 1. The normalized spacial score (nSPS) is 22.2. The van der Waals surface area contributed by atoms with E-state index >= 15 is 0 Å². The summed E-state index contributed by atoms with van der Waals surface area (Å²) in [6.45, 7) is 4.84. The monoisotopic (exact) mass is 293 g/mol. The Bertz CT molecular complexity index is 503. The van der Waals surface area contributed by atoms with Crippen molar-refractivity contribution in [2.75, 3.05) is 26.8 Å². The maximum absolute atomic E-state index is 12.4. The van der Waals surface area contributed by atoms with Crippen molar-refractivity contribution in [2.24, 2.45) is 0 Å². The first-order valence-corrected chi connectivity index (χ1v) is 7.21. The fourth-order valence-electron chi connectivity index (χ4n) is 2.61. The molecule has 1 amide bonds. The lowest BCUT2D eigenvalue weighted by Crippen LogP contribution is -2.50. The second kappa shape index (κ2) is 6.91. The first-order valence-electron chi connectivity index (χ1n) is 7.21. The van der Waals surface area contributed by atoms with Crippen LogP contribution in [0.3, 0.4) is 0 Å². The second-order valence-corrected chi connectivity index (χ2v) is 5.53. The van der Waals surface area contributed by atoms with Crippen LogP contribution in [0.15, 0.2) is 18.2 Å². The number of amides is 1. The molecule has 5 nitrogen and oxygen atoms in total. The Morgan fingerprint density at radius 1 is 1.48 bits per heavy atom. The maximum Gasteiger partial charge on any atom is 0.227 e. The number of aliphatic hydroxyl groups excluding tert-OH is 1. The van der Waals surface area contributed by atoms with Gasteiger partial charge in [0.1, 0.15) is 5.75 Å². The summed E-state index contributed by atoms with van der Waals surface area (Å²) in [6, 6.07) is 5.81. The molecular weight excluding hydrogens is 270 g/mol. The summed E-state index contributed by atoms with van der Waals surface area (Å²) >= 11 is 0. The molecule has 0 bridgehead atoms. The number of ether oxygens (including phenoxy) is 2. The van der Waals surface area contributed by atoms with Crippen molar-refractivity contribution in [3.8, 4) is 5.75 Å². The lowest BCUT2D eigenvalue weighted by Gasteiger charge is -2.36. The summed E-state index contributed by atoms with van der Waals surface area (Å²) in [4.78, 5) is 14.2. The predicted octanol–water partition coefficient (Wildman–Crippen LogP) is 1.15. The number of morpholine rings is 1. The van der Waals surface area contributed by atoms with Crippen LogP contribution >= 0.6 is 0 Å². The van der Waals surface area contributed by atoms with E-state index in [1.807, 2.05) is 32.0 Å². The van der Waals surface area contributed by atoms with Gasteiger partial charge in [-0.3, -0.25) is 4.79 Å². The molecule has 1 aromatic carbocycles. The van der Waals surface area contributed by atoms with Crippen LogP contribution in [0.25, 0.3) is 0 Å². The van der Waals surface area contributed by atoms with Crippen molar-refractivity contribution in [1.82, 2.24) is 4.90 Å². The minimum atomic E-state index is -0.287. The van der Waals surface area contributed by atoms with Gasteiger partial charge in [-0.15, -0.1) is 0 Å². The number of aliphatic hydroxyl groups is 1. The summed E-state index contributed by atoms with van der Waals surface area (Å²) in [5, 5.41) is 9.22. The Kier molecular flexibility index (Phi) is 5.20. The average Bonchev–Trinajstić information content (AvgIpc) is 2.48. The van der Waals surface area contributed by atoms with Crippen LogP contribution in [-0.2, 0) is 16.0 Å². The molecule has 1 saturated heterocycles. The van der Waals surface area contributed by atoms with Crippen molar-refractivity contribution in [1.29, 1.82) is 0 Å². The van der Waals surface area contributed by atoms with Gasteiger partial charge in [-0.05, 0) is 31.0 Å². The van der Waals surface area contributed by atoms with Crippen LogP contribution in [-0.4, -0.2) is 54.9 Å². The Labute approximate surface area is 125 Å². The van der Waals surface area contributed by atoms with Gasteiger partial charge >= 0.3 is 0 Å². The highest BCUT2D eigenvalue weighted by atomic mass is 16.5. The van der Waals surface area contributed by atoms with Gasteiger partial charge in [0.2, 0.25) is 5.91 Å². The van der Waals surface area contributed by atoms with E-state index in [1.54, 1.807) is 12.0 Å². The Morgan fingerprint density at radius 2 is 2.24 bits per heavy atom. The molecule has 0 saturated carbocycles. The molecule has 1 N–H and O–H groups in total. The third-order valence-corrected chi connectivity index (χ3v) is 3.71. The highest BCUT2D eigenvalue weighted by molar-refractivity contribution is 5.79. The molecule has 2 unspecified atom stereocenters. The molecule has 0 aliphatic carbocycles. The summed E-state index contributed by atoms with van der Waals surface area (Å²) < 4.78 is 10.8. The molecule has 1 aliphatic rings. The molecule has 1 aliphatic heterocycles. The minimum Gasteiger partial charge on any atom is -0.496 e. The van der Waals surface area contributed by atoms with Gasteiger partial charge in [-0.1, -0.05) is 12.1 Å². The zero-order chi connectivity index (χ0) is 15.4. The first-order chi connectivity index (χ1) is 10.0. The number of nitrogens with zero attached hydrogens (tertiary/aromatic N) is 1. The number of carbonyl (C=O) groups excluding carboxylic acids is 1. The van der Waals surface area contributed by atoms with E-state index in [9.17, 15) is 9.90 Å². The lowest BCUT2D eigenvalue weighted by molar-refractivity contribution is -0.146. The predicted molar refractivity (Wildman–Crippen MR) is 79.4 cm³/mol. The molecule has 0 aromatic heterocycles. The molecule has 1 aromatic rings. The number of methoxy groups -OCH3 is 1. The molecule has 21 heavy (non-hydrogen) atoms. The number of hydrogen-bond donors (Lipinski definition) is 1. The van der Waals surface area contributed by atoms with Crippen molar-refractivity contribution in [3.05, 3.63) is 29.3 Å². The van der Waals surface area contributed by atoms with Crippen molar-refractivity contribution >= 4 is 5.91 Å². The van der Waals surface area contributed by atoms with Crippen LogP contribution in [0.2, 0.25) is 0 Å². The molecule has 0 radical (unpaired) electrons. The van der Waals surface area contributed by atoms with E-state index in [4.69, 9.17) is 9.47 Å². The maximum atomic E-state index is 12.4. The van der Waals surface area contributed by atoms with Gasteiger partial charge in [0, 0.05) is 13.1 Å². The zero-order valence-electron chi connectivity index (χ0n) is 12.8. The van der Waals surface area contributed by atoms with Gasteiger partial charge in [-0.25, -0.2) is 0 Å². The van der Waals surface area contributed by atoms with Crippen LogP contribution in [0, 0.1) is 6.92 Å². The van der Waals surface area contributed by atoms with E-state index in [2.05, 4.69) is 0 Å². The van der Waals surface area contributed by atoms with Crippen LogP contribution < -0.4 is 4.74 Å². The molecule has 2 atom stereocenters. The zero-order valence-corrected chi connectivity index (χ0v) is 12.8. The average molecular weight is 293 g/mol. The van der Waals surface area contributed by atoms with Gasteiger partial charge in [0.15, 0.2) is 0 Å². The fraction of sp³-hybridized carbons (Fsp3) is 0.562. The summed E-state index contributed by atoms with van der Waals surface area (Å²) in [5.41, 5.74) is 1.98. The molecule has 0 spiro atoms. The fourth-order valence-corrected chi connectivity index (χ4v) is 2.61. The molecule has 5 heteroatoms. The molecular formula is C16H23NO4. The smallest absolute Gasteiger partial charge is 0.227 e. The van der Waals surface area contributed by atoms with Crippen molar-refractivity contribution in [2.45, 2.75) is 32.5 Å². The van der Waals surface area contributed by atoms with Gasteiger partial charge in [0.25, 0.3) is 0 Å². The number of benzene rings is 1. The quantitative estimate of drug-likeness (QED) is 0.905. The van der Waals surface area contributed by atoms with Gasteiger partial charge in [0.05, 0.1) is 32.3 Å².